The maximum Gasteiger partial charge on any atom is 0.455 e. The largest absolute Gasteiger partial charge is 0.455 e. The van der Waals surface area contributed by atoms with Gasteiger partial charge in [-0.25, -0.2) is 4.79 Å². The van der Waals surface area contributed by atoms with Gasteiger partial charge in [0.25, 0.3) is 5.82 Å². The maximum atomic E-state index is 12.3. The molecule has 0 radical (unpaired) electrons. The summed E-state index contributed by atoms with van der Waals surface area (Å²) in [6.07, 6.45) is -4.00. The zero-order valence-corrected chi connectivity index (χ0v) is 11.2. The van der Waals surface area contributed by atoms with Crippen LogP contribution >= 0.6 is 0 Å². The second kappa shape index (κ2) is 5.88. The Balaban J connectivity index is 1.90. The molecule has 0 aromatic carbocycles. The summed E-state index contributed by atoms with van der Waals surface area (Å²) in [6, 6.07) is -0.546. The van der Waals surface area contributed by atoms with Crippen molar-refractivity contribution in [1.82, 2.24) is 20.4 Å². The van der Waals surface area contributed by atoms with E-state index in [1.165, 1.54) is 4.90 Å². The van der Waals surface area contributed by atoms with Gasteiger partial charge in [-0.15, -0.1) is 0 Å². The summed E-state index contributed by atoms with van der Waals surface area (Å²) >= 11 is 0. The lowest BCUT2D eigenvalue weighted by Crippen LogP contribution is -2.51. The smallest absolute Gasteiger partial charge is 0.391 e. The van der Waals surface area contributed by atoms with Crippen LogP contribution in [0.2, 0.25) is 0 Å². The van der Waals surface area contributed by atoms with Gasteiger partial charge in [-0.05, 0) is 19.8 Å². The fraction of sp³-hybridized carbons (Fsp3) is 0.727. The standard InChI is InChI=1S/C11H15F3N4O3/c1-6-2-3-7(19)5-18(6)10(20)15-4-8-16-9(17-21-8)11(12,13)14/h6-7,19H,2-5H2,1H3,(H,15,20)/t6-,7-/m1/s1. The number of aliphatic hydroxyl groups excluding tert-OH is 1. The van der Waals surface area contributed by atoms with Gasteiger partial charge in [-0.3, -0.25) is 0 Å². The molecule has 2 atom stereocenters. The van der Waals surface area contributed by atoms with Crippen molar-refractivity contribution >= 4 is 6.03 Å². The van der Waals surface area contributed by atoms with E-state index in [4.69, 9.17) is 0 Å². The first kappa shape index (κ1) is 15.5. The Morgan fingerprint density at radius 3 is 2.86 bits per heavy atom. The third-order valence-electron chi connectivity index (χ3n) is 3.23. The van der Waals surface area contributed by atoms with Crippen molar-refractivity contribution in [3.05, 3.63) is 11.7 Å². The van der Waals surface area contributed by atoms with Crippen molar-refractivity contribution in [1.29, 1.82) is 0 Å². The number of hydrogen-bond donors (Lipinski definition) is 2. The van der Waals surface area contributed by atoms with Gasteiger partial charge in [0.15, 0.2) is 0 Å². The Kier molecular flexibility index (Phi) is 4.35. The molecule has 1 aliphatic heterocycles. The number of urea groups is 1. The predicted octanol–water partition coefficient (Wildman–Crippen LogP) is 1.14. The molecule has 21 heavy (non-hydrogen) atoms. The number of carbonyl (C=O) groups is 1. The Hall–Kier alpha value is -1.84. The first-order valence-electron chi connectivity index (χ1n) is 6.39. The number of rotatable bonds is 2. The number of alkyl halides is 3. The third kappa shape index (κ3) is 3.84. The normalized spacial score (nSPS) is 23.2. The van der Waals surface area contributed by atoms with Crippen molar-refractivity contribution in [2.45, 2.75) is 44.6 Å². The Morgan fingerprint density at radius 2 is 2.24 bits per heavy atom. The summed E-state index contributed by atoms with van der Waals surface area (Å²) in [5.41, 5.74) is 0. The van der Waals surface area contributed by atoms with Crippen molar-refractivity contribution in [3.63, 3.8) is 0 Å². The molecular weight excluding hydrogens is 293 g/mol. The number of nitrogens with zero attached hydrogens (tertiary/aromatic N) is 3. The van der Waals surface area contributed by atoms with E-state index in [1.807, 2.05) is 6.92 Å². The minimum atomic E-state index is -4.68. The highest BCUT2D eigenvalue weighted by Gasteiger charge is 2.37. The van der Waals surface area contributed by atoms with Gasteiger partial charge >= 0.3 is 12.2 Å². The van der Waals surface area contributed by atoms with Crippen LogP contribution in [0.15, 0.2) is 4.52 Å². The number of β-amino-alcohol motifs (C(OH)–C–C–N with tert-alkyl or cyclic N) is 1. The molecule has 0 unspecified atom stereocenters. The lowest BCUT2D eigenvalue weighted by molar-refractivity contribution is -0.146. The van der Waals surface area contributed by atoms with Gasteiger partial charge in [0.1, 0.15) is 0 Å². The van der Waals surface area contributed by atoms with Crippen molar-refractivity contribution in [3.8, 4) is 0 Å². The molecule has 2 rings (SSSR count). The summed E-state index contributed by atoms with van der Waals surface area (Å²) in [5, 5.41) is 14.7. The summed E-state index contributed by atoms with van der Waals surface area (Å²) in [5.74, 6) is -1.71. The summed E-state index contributed by atoms with van der Waals surface area (Å²) in [4.78, 5) is 16.5. The van der Waals surface area contributed by atoms with E-state index in [1.54, 1.807) is 0 Å². The van der Waals surface area contributed by atoms with Crippen LogP contribution in [-0.2, 0) is 12.7 Å². The number of carbonyl (C=O) groups excluding carboxylic acids is 1. The molecule has 0 bridgehead atoms. The molecule has 2 heterocycles. The SMILES string of the molecule is C[C@@H]1CC[C@@H](O)CN1C(=O)NCc1nc(C(F)(F)F)no1. The molecule has 1 saturated heterocycles. The minimum absolute atomic E-state index is 0.0539. The zero-order valence-electron chi connectivity index (χ0n) is 11.2. The second-order valence-corrected chi connectivity index (χ2v) is 4.90. The molecule has 1 aromatic heterocycles. The monoisotopic (exact) mass is 308 g/mol. The van der Waals surface area contributed by atoms with E-state index in [0.717, 1.165) is 0 Å². The lowest BCUT2D eigenvalue weighted by Gasteiger charge is -2.35. The predicted molar refractivity (Wildman–Crippen MR) is 62.9 cm³/mol. The Morgan fingerprint density at radius 1 is 1.52 bits per heavy atom. The van der Waals surface area contributed by atoms with Crippen LogP contribution in [0.25, 0.3) is 0 Å². The Labute approximate surface area is 118 Å². The highest BCUT2D eigenvalue weighted by Crippen LogP contribution is 2.26. The molecule has 0 spiro atoms. The number of nitrogens with one attached hydrogen (secondary N) is 1. The van der Waals surface area contributed by atoms with Gasteiger partial charge < -0.3 is 19.8 Å². The van der Waals surface area contributed by atoms with E-state index < -0.39 is 24.1 Å². The van der Waals surface area contributed by atoms with Crippen LogP contribution in [0, 0.1) is 0 Å². The molecule has 0 aliphatic carbocycles. The quantitative estimate of drug-likeness (QED) is 0.855. The van der Waals surface area contributed by atoms with E-state index in [-0.39, 0.29) is 25.0 Å². The molecule has 10 heteroatoms. The molecule has 2 N–H and O–H groups in total. The summed E-state index contributed by atoms with van der Waals surface area (Å²) in [6.45, 7) is 1.71. The second-order valence-electron chi connectivity index (χ2n) is 4.90. The van der Waals surface area contributed by atoms with Gasteiger partial charge in [-0.2, -0.15) is 18.2 Å². The first-order valence-corrected chi connectivity index (χ1v) is 6.39. The topological polar surface area (TPSA) is 91.5 Å². The van der Waals surface area contributed by atoms with E-state index in [2.05, 4.69) is 20.0 Å². The maximum absolute atomic E-state index is 12.3. The number of amides is 2. The lowest BCUT2D eigenvalue weighted by atomic mass is 10.0. The van der Waals surface area contributed by atoms with Crippen LogP contribution in [-0.4, -0.2) is 44.9 Å². The number of halogens is 3. The van der Waals surface area contributed by atoms with Crippen LogP contribution in [0.4, 0.5) is 18.0 Å². The number of aliphatic hydroxyl groups is 1. The minimum Gasteiger partial charge on any atom is -0.391 e. The molecule has 2 amide bonds. The van der Waals surface area contributed by atoms with E-state index >= 15 is 0 Å². The van der Waals surface area contributed by atoms with Crippen LogP contribution in [0.5, 0.6) is 0 Å². The average Bonchev–Trinajstić information content (AvgIpc) is 2.87. The van der Waals surface area contributed by atoms with Crippen molar-refractivity contribution in [2.24, 2.45) is 0 Å². The highest BCUT2D eigenvalue weighted by molar-refractivity contribution is 5.74. The van der Waals surface area contributed by atoms with Gasteiger partial charge in [0.2, 0.25) is 5.89 Å². The molecule has 1 aliphatic rings. The van der Waals surface area contributed by atoms with E-state index in [0.29, 0.717) is 12.8 Å². The molecule has 1 fully saturated rings. The zero-order chi connectivity index (χ0) is 15.6. The highest BCUT2D eigenvalue weighted by atomic mass is 19.4. The van der Waals surface area contributed by atoms with Gasteiger partial charge in [-0.1, -0.05) is 5.16 Å². The van der Waals surface area contributed by atoms with Gasteiger partial charge in [0, 0.05) is 12.6 Å². The number of piperidine rings is 1. The van der Waals surface area contributed by atoms with Crippen molar-refractivity contribution < 1.29 is 27.6 Å². The fourth-order valence-corrected chi connectivity index (χ4v) is 2.07. The number of aromatic nitrogens is 2. The summed E-state index contributed by atoms with van der Waals surface area (Å²) in [7, 11) is 0. The van der Waals surface area contributed by atoms with Gasteiger partial charge in [0.05, 0.1) is 12.6 Å². The number of likely N-dealkylation sites (tertiary alicyclic amines) is 1. The third-order valence-corrected chi connectivity index (χ3v) is 3.23. The molecule has 118 valence electrons. The molecule has 7 nitrogen and oxygen atoms in total. The molecule has 0 saturated carbocycles. The van der Waals surface area contributed by atoms with Crippen molar-refractivity contribution in [2.75, 3.05) is 6.54 Å². The number of hydrogen-bond acceptors (Lipinski definition) is 5. The summed E-state index contributed by atoms with van der Waals surface area (Å²) < 4.78 is 41.2. The molecular formula is C11H15F3N4O3. The Bertz CT molecular complexity index is 505. The fourth-order valence-electron chi connectivity index (χ4n) is 2.07. The average molecular weight is 308 g/mol. The molecule has 1 aromatic rings. The van der Waals surface area contributed by atoms with Crippen LogP contribution in [0.1, 0.15) is 31.5 Å². The van der Waals surface area contributed by atoms with Crippen LogP contribution in [0.3, 0.4) is 0 Å². The first-order chi connectivity index (χ1) is 9.77. The van der Waals surface area contributed by atoms with Crippen LogP contribution < -0.4 is 5.32 Å². The van der Waals surface area contributed by atoms with E-state index in [9.17, 15) is 23.1 Å².